The lowest BCUT2D eigenvalue weighted by Gasteiger charge is -2.17. The number of carbonyl (C=O) groups is 2. The quantitative estimate of drug-likeness (QED) is 0.375. The van der Waals surface area contributed by atoms with E-state index < -0.39 is 18.3 Å². The second kappa shape index (κ2) is 5.53. The lowest BCUT2D eigenvalue weighted by molar-refractivity contribution is -0.178. The largest absolute Gasteiger partial charge is 0.428 e. The summed E-state index contributed by atoms with van der Waals surface area (Å²) in [6, 6.07) is -0.683. The van der Waals surface area contributed by atoms with E-state index in [0.717, 1.165) is 0 Å². The zero-order chi connectivity index (χ0) is 10.4. The smallest absolute Gasteiger partial charge is 0.326 e. The third-order valence-electron chi connectivity index (χ3n) is 1.52. The van der Waals surface area contributed by atoms with Crippen LogP contribution in [0.3, 0.4) is 0 Å². The molecule has 0 spiro atoms. The number of carbonyl (C=O) groups excluding carboxylic acids is 2. The van der Waals surface area contributed by atoms with Crippen molar-refractivity contribution in [2.45, 2.75) is 33.1 Å². The molecule has 0 aliphatic carbocycles. The molecule has 0 unspecified atom stereocenters. The van der Waals surface area contributed by atoms with E-state index in [-0.39, 0.29) is 12.4 Å². The molecule has 0 saturated carbocycles. The van der Waals surface area contributed by atoms with Crippen LogP contribution < -0.4 is 5.73 Å². The maximum atomic E-state index is 11.1. The van der Waals surface area contributed by atoms with E-state index in [4.69, 9.17) is 10.5 Å². The van der Waals surface area contributed by atoms with E-state index in [2.05, 4.69) is 4.74 Å². The van der Waals surface area contributed by atoms with Crippen molar-refractivity contribution in [3.05, 3.63) is 0 Å². The van der Waals surface area contributed by atoms with Gasteiger partial charge in [-0.3, -0.25) is 9.59 Å². The summed E-state index contributed by atoms with van der Waals surface area (Å²) in [5, 5.41) is 0. The Morgan fingerprint density at radius 3 is 2.31 bits per heavy atom. The average molecular weight is 189 g/mol. The van der Waals surface area contributed by atoms with Crippen molar-refractivity contribution in [3.8, 4) is 0 Å². The van der Waals surface area contributed by atoms with Crippen LogP contribution >= 0.6 is 0 Å². The summed E-state index contributed by atoms with van der Waals surface area (Å²) in [6.45, 7) is 5.27. The van der Waals surface area contributed by atoms with Crippen LogP contribution in [0.25, 0.3) is 0 Å². The van der Waals surface area contributed by atoms with E-state index in [0.29, 0.717) is 0 Å². The Bertz CT molecular complexity index is 181. The minimum absolute atomic E-state index is 0.00377. The van der Waals surface area contributed by atoms with E-state index >= 15 is 0 Å². The van der Waals surface area contributed by atoms with Crippen LogP contribution in [0, 0.1) is 5.92 Å². The van der Waals surface area contributed by atoms with Crippen molar-refractivity contribution in [2.75, 3.05) is 0 Å². The number of ether oxygens (including phenoxy) is 2. The molecule has 5 heteroatoms. The summed E-state index contributed by atoms with van der Waals surface area (Å²) in [4.78, 5) is 21.0. The maximum Gasteiger partial charge on any atom is 0.326 e. The molecule has 0 radical (unpaired) electrons. The Hall–Kier alpha value is -1.10. The highest BCUT2D eigenvalue weighted by molar-refractivity contribution is 5.75. The lowest BCUT2D eigenvalue weighted by atomic mass is 10.1. The monoisotopic (exact) mass is 189 g/mol. The fourth-order valence-electron chi connectivity index (χ4n) is 0.620. The molecule has 2 atom stereocenters. The van der Waals surface area contributed by atoms with Crippen molar-refractivity contribution < 1.29 is 19.1 Å². The summed E-state index contributed by atoms with van der Waals surface area (Å²) in [5.41, 5.74) is 5.49. The third-order valence-corrected chi connectivity index (χ3v) is 1.52. The average Bonchev–Trinajstić information content (AvgIpc) is 2.03. The molecule has 0 aliphatic heterocycles. The molecule has 5 nitrogen and oxygen atoms in total. The van der Waals surface area contributed by atoms with Crippen LogP contribution in [0.5, 0.6) is 0 Å². The molecule has 0 rings (SSSR count). The van der Waals surface area contributed by atoms with Crippen LogP contribution in [0.15, 0.2) is 0 Å². The highest BCUT2D eigenvalue weighted by Gasteiger charge is 2.21. The number of esters is 1. The van der Waals surface area contributed by atoms with E-state index in [1.165, 1.54) is 6.92 Å². The van der Waals surface area contributed by atoms with Gasteiger partial charge in [-0.2, -0.15) is 0 Å². The summed E-state index contributed by atoms with van der Waals surface area (Å²) in [7, 11) is 0. The highest BCUT2D eigenvalue weighted by atomic mass is 16.7. The molecule has 0 aliphatic rings. The Morgan fingerprint density at radius 1 is 1.38 bits per heavy atom. The van der Waals surface area contributed by atoms with Crippen LogP contribution in [-0.4, -0.2) is 24.8 Å². The molecule has 0 bridgehead atoms. The van der Waals surface area contributed by atoms with Gasteiger partial charge in [0.25, 0.3) is 6.47 Å². The van der Waals surface area contributed by atoms with Gasteiger partial charge in [-0.15, -0.1) is 0 Å². The second-order valence-corrected chi connectivity index (χ2v) is 3.01. The molecule has 0 amide bonds. The van der Waals surface area contributed by atoms with Gasteiger partial charge in [-0.05, 0) is 5.92 Å². The Kier molecular flexibility index (Phi) is 5.06. The van der Waals surface area contributed by atoms with Crippen molar-refractivity contribution in [3.63, 3.8) is 0 Å². The van der Waals surface area contributed by atoms with Gasteiger partial charge in [-0.25, -0.2) is 0 Å². The zero-order valence-electron chi connectivity index (χ0n) is 8.02. The Morgan fingerprint density at radius 2 is 1.92 bits per heavy atom. The van der Waals surface area contributed by atoms with E-state index in [1.807, 2.05) is 0 Å². The molecule has 0 heterocycles. The lowest BCUT2D eigenvalue weighted by Crippen LogP contribution is -2.38. The number of hydrogen-bond acceptors (Lipinski definition) is 5. The predicted octanol–water partition coefficient (Wildman–Crippen LogP) is 0.0319. The van der Waals surface area contributed by atoms with E-state index in [1.54, 1.807) is 13.8 Å². The number of rotatable bonds is 5. The minimum Gasteiger partial charge on any atom is -0.428 e. The molecule has 0 aromatic carbocycles. The SMILES string of the molecule is CC(C)[C@H](N)C(=O)O[C@H](C)OC=O. The normalized spacial score (nSPS) is 14.8. The minimum atomic E-state index is -0.880. The fraction of sp³-hybridized carbons (Fsp3) is 0.750. The first-order valence-electron chi connectivity index (χ1n) is 4.04. The third kappa shape index (κ3) is 4.47. The summed E-state index contributed by atoms with van der Waals surface area (Å²) < 4.78 is 9.06. The first kappa shape index (κ1) is 11.9. The predicted molar refractivity (Wildman–Crippen MR) is 45.5 cm³/mol. The molecular weight excluding hydrogens is 174 g/mol. The van der Waals surface area contributed by atoms with Gasteiger partial charge in [0.05, 0.1) is 0 Å². The van der Waals surface area contributed by atoms with Gasteiger partial charge < -0.3 is 15.2 Å². The summed E-state index contributed by atoms with van der Waals surface area (Å²) in [5.74, 6) is -0.569. The fourth-order valence-corrected chi connectivity index (χ4v) is 0.620. The van der Waals surface area contributed by atoms with Crippen molar-refractivity contribution in [2.24, 2.45) is 11.7 Å². The van der Waals surface area contributed by atoms with Crippen LogP contribution in [-0.2, 0) is 19.1 Å². The van der Waals surface area contributed by atoms with Gasteiger partial charge in [0.2, 0.25) is 6.29 Å². The molecule has 2 N–H and O–H groups in total. The van der Waals surface area contributed by atoms with Gasteiger partial charge in [-0.1, -0.05) is 13.8 Å². The molecule has 0 aromatic heterocycles. The first-order valence-corrected chi connectivity index (χ1v) is 4.04. The molecule has 0 saturated heterocycles. The Balaban J connectivity index is 3.92. The van der Waals surface area contributed by atoms with Crippen molar-refractivity contribution >= 4 is 12.4 Å². The summed E-state index contributed by atoms with van der Waals surface area (Å²) >= 11 is 0. The summed E-state index contributed by atoms with van der Waals surface area (Å²) in [6.07, 6.45) is -0.880. The topological polar surface area (TPSA) is 78.6 Å². The Labute approximate surface area is 77.2 Å². The standard InChI is InChI=1S/C8H15NO4/c1-5(2)7(9)8(11)13-6(3)12-4-10/h4-7H,9H2,1-3H3/t6-,7+/m1/s1. The number of hydrogen-bond donors (Lipinski definition) is 1. The maximum absolute atomic E-state index is 11.1. The molecule has 13 heavy (non-hydrogen) atoms. The van der Waals surface area contributed by atoms with Crippen molar-refractivity contribution in [1.29, 1.82) is 0 Å². The van der Waals surface area contributed by atoms with Crippen molar-refractivity contribution in [1.82, 2.24) is 0 Å². The van der Waals surface area contributed by atoms with Gasteiger partial charge in [0.1, 0.15) is 6.04 Å². The van der Waals surface area contributed by atoms with E-state index in [9.17, 15) is 9.59 Å². The molecule has 0 aromatic rings. The molecule has 0 fully saturated rings. The van der Waals surface area contributed by atoms with Crippen LogP contribution in [0.1, 0.15) is 20.8 Å². The second-order valence-electron chi connectivity index (χ2n) is 3.01. The number of nitrogens with two attached hydrogens (primary N) is 1. The highest BCUT2D eigenvalue weighted by Crippen LogP contribution is 2.02. The molecule has 76 valence electrons. The zero-order valence-corrected chi connectivity index (χ0v) is 8.02. The first-order chi connectivity index (χ1) is 5.99. The van der Waals surface area contributed by atoms with Crippen LogP contribution in [0.2, 0.25) is 0 Å². The van der Waals surface area contributed by atoms with Gasteiger partial charge >= 0.3 is 5.97 Å². The molecular formula is C8H15NO4. The van der Waals surface area contributed by atoms with Gasteiger partial charge in [0, 0.05) is 6.92 Å². The van der Waals surface area contributed by atoms with Crippen LogP contribution in [0.4, 0.5) is 0 Å². The van der Waals surface area contributed by atoms with Gasteiger partial charge in [0.15, 0.2) is 0 Å².